The van der Waals surface area contributed by atoms with Crippen LogP contribution in [0.3, 0.4) is 0 Å². The lowest BCUT2D eigenvalue weighted by molar-refractivity contribution is -0.143. The number of aliphatic hydroxyl groups excluding tert-OH is 1. The van der Waals surface area contributed by atoms with E-state index >= 15 is 0 Å². The van der Waals surface area contributed by atoms with Crippen molar-refractivity contribution < 1.29 is 33.4 Å². The van der Waals surface area contributed by atoms with Crippen LogP contribution in [0.1, 0.15) is 36.2 Å². The number of halogens is 2. The van der Waals surface area contributed by atoms with Crippen molar-refractivity contribution >= 4 is 17.8 Å². The van der Waals surface area contributed by atoms with E-state index in [-0.39, 0.29) is 17.5 Å². The fourth-order valence-corrected chi connectivity index (χ4v) is 4.07. The standard InChI is InChI=1S/C29H30F2N2O5/c1-17(2)27(29(37)38)33-26(35)16-25(34)24(13-18-11-22(30)15-23(31)12-18)32-28(36)21-10-6-9-20(14-21)19-7-4-3-5-8-19/h3-12,14-15,17,24-25,27,34H,13,16H2,1-2H3,(H,32,36)(H,33,35)(H,37,38)/t24-,25-,27-/m0/s1. The van der Waals surface area contributed by atoms with Crippen molar-refractivity contribution in [1.82, 2.24) is 10.6 Å². The Bertz CT molecular complexity index is 1260. The van der Waals surface area contributed by atoms with Crippen LogP contribution in [0.4, 0.5) is 8.78 Å². The van der Waals surface area contributed by atoms with Gasteiger partial charge < -0.3 is 20.8 Å². The molecule has 0 saturated heterocycles. The van der Waals surface area contributed by atoms with Gasteiger partial charge in [-0.1, -0.05) is 56.3 Å². The molecule has 0 aromatic heterocycles. The van der Waals surface area contributed by atoms with Gasteiger partial charge in [-0.25, -0.2) is 13.6 Å². The zero-order chi connectivity index (χ0) is 27.8. The van der Waals surface area contributed by atoms with Gasteiger partial charge in [-0.3, -0.25) is 9.59 Å². The molecule has 0 aliphatic heterocycles. The van der Waals surface area contributed by atoms with E-state index in [4.69, 9.17) is 0 Å². The average molecular weight is 525 g/mol. The molecule has 0 radical (unpaired) electrons. The molecular formula is C29H30F2N2O5. The molecule has 0 fully saturated rings. The molecule has 0 bridgehead atoms. The molecule has 200 valence electrons. The Hall–Kier alpha value is -4.11. The van der Waals surface area contributed by atoms with Crippen molar-refractivity contribution in [2.75, 3.05) is 0 Å². The van der Waals surface area contributed by atoms with Gasteiger partial charge in [0, 0.05) is 11.6 Å². The number of carboxylic acids is 1. The van der Waals surface area contributed by atoms with E-state index in [2.05, 4.69) is 10.6 Å². The van der Waals surface area contributed by atoms with Crippen LogP contribution >= 0.6 is 0 Å². The SMILES string of the molecule is CC(C)[C@H](NC(=O)C[C@H](O)[C@H](Cc1cc(F)cc(F)c1)NC(=O)c1cccc(-c2ccccc2)c1)C(=O)O. The zero-order valence-corrected chi connectivity index (χ0v) is 21.0. The highest BCUT2D eigenvalue weighted by Crippen LogP contribution is 2.21. The highest BCUT2D eigenvalue weighted by atomic mass is 19.1. The molecule has 3 aromatic carbocycles. The third-order valence-corrected chi connectivity index (χ3v) is 6.03. The highest BCUT2D eigenvalue weighted by molar-refractivity contribution is 5.95. The number of aliphatic hydroxyl groups is 1. The lowest BCUT2D eigenvalue weighted by Crippen LogP contribution is -2.49. The number of hydrogen-bond acceptors (Lipinski definition) is 4. The first-order chi connectivity index (χ1) is 18.0. The second-order valence-electron chi connectivity index (χ2n) is 9.41. The van der Waals surface area contributed by atoms with E-state index in [0.717, 1.165) is 23.3 Å². The summed E-state index contributed by atoms with van der Waals surface area (Å²) in [6.07, 6.45) is -2.20. The molecule has 7 nitrogen and oxygen atoms in total. The second-order valence-corrected chi connectivity index (χ2v) is 9.41. The lowest BCUT2D eigenvalue weighted by Gasteiger charge is -2.25. The molecule has 0 unspecified atom stereocenters. The van der Waals surface area contributed by atoms with Gasteiger partial charge in [0.2, 0.25) is 5.91 Å². The van der Waals surface area contributed by atoms with Gasteiger partial charge in [0.1, 0.15) is 17.7 Å². The van der Waals surface area contributed by atoms with E-state index in [0.29, 0.717) is 6.07 Å². The van der Waals surface area contributed by atoms with Gasteiger partial charge in [0.15, 0.2) is 0 Å². The normalized spacial score (nSPS) is 13.4. The van der Waals surface area contributed by atoms with Crippen LogP contribution < -0.4 is 10.6 Å². The fraction of sp³-hybridized carbons (Fsp3) is 0.276. The number of amides is 2. The van der Waals surface area contributed by atoms with Crippen molar-refractivity contribution in [2.45, 2.75) is 44.9 Å². The molecule has 0 spiro atoms. The lowest BCUT2D eigenvalue weighted by atomic mass is 9.97. The summed E-state index contributed by atoms with van der Waals surface area (Å²) in [7, 11) is 0. The molecule has 0 aliphatic carbocycles. The number of aliphatic carboxylic acids is 1. The third-order valence-electron chi connectivity index (χ3n) is 6.03. The topological polar surface area (TPSA) is 116 Å². The Morgan fingerprint density at radius 1 is 0.842 bits per heavy atom. The van der Waals surface area contributed by atoms with Crippen LogP contribution in [0.2, 0.25) is 0 Å². The van der Waals surface area contributed by atoms with Gasteiger partial charge in [-0.15, -0.1) is 0 Å². The maximum absolute atomic E-state index is 13.8. The van der Waals surface area contributed by atoms with Crippen molar-refractivity contribution in [3.8, 4) is 11.1 Å². The summed E-state index contributed by atoms with van der Waals surface area (Å²) in [5, 5.41) is 25.3. The van der Waals surface area contributed by atoms with E-state index in [1.54, 1.807) is 32.0 Å². The fourth-order valence-electron chi connectivity index (χ4n) is 4.07. The minimum absolute atomic E-state index is 0.163. The minimum Gasteiger partial charge on any atom is -0.480 e. The van der Waals surface area contributed by atoms with Gasteiger partial charge in [0.05, 0.1) is 18.6 Å². The summed E-state index contributed by atoms with van der Waals surface area (Å²) in [6, 6.07) is 16.8. The van der Waals surface area contributed by atoms with Gasteiger partial charge in [0.25, 0.3) is 5.91 Å². The van der Waals surface area contributed by atoms with E-state index in [9.17, 15) is 33.4 Å². The van der Waals surface area contributed by atoms with Crippen LogP contribution in [0.15, 0.2) is 72.8 Å². The molecule has 38 heavy (non-hydrogen) atoms. The number of carboxylic acid groups (broad SMARTS) is 1. The highest BCUT2D eigenvalue weighted by Gasteiger charge is 2.28. The maximum Gasteiger partial charge on any atom is 0.326 e. The smallest absolute Gasteiger partial charge is 0.326 e. The third kappa shape index (κ3) is 7.94. The molecule has 0 heterocycles. The summed E-state index contributed by atoms with van der Waals surface area (Å²) < 4.78 is 27.6. The van der Waals surface area contributed by atoms with Crippen molar-refractivity contribution in [1.29, 1.82) is 0 Å². The van der Waals surface area contributed by atoms with Crippen molar-refractivity contribution in [2.24, 2.45) is 5.92 Å². The first kappa shape index (κ1) is 28.5. The Kier molecular flexibility index (Phi) is 9.67. The maximum atomic E-state index is 13.8. The van der Waals surface area contributed by atoms with Crippen LogP contribution in [-0.4, -0.2) is 46.2 Å². The number of carbonyl (C=O) groups is 3. The Labute approximate surface area is 219 Å². The summed E-state index contributed by atoms with van der Waals surface area (Å²) >= 11 is 0. The molecule has 9 heteroatoms. The minimum atomic E-state index is -1.48. The van der Waals surface area contributed by atoms with Crippen LogP contribution in [0, 0.1) is 17.6 Å². The first-order valence-electron chi connectivity index (χ1n) is 12.1. The van der Waals surface area contributed by atoms with E-state index in [1.807, 2.05) is 36.4 Å². The Morgan fingerprint density at radius 3 is 2.08 bits per heavy atom. The predicted octanol–water partition coefficient (Wildman–Crippen LogP) is 3.95. The van der Waals surface area contributed by atoms with Gasteiger partial charge >= 0.3 is 5.97 Å². The molecule has 2 amide bonds. The largest absolute Gasteiger partial charge is 0.480 e. The van der Waals surface area contributed by atoms with Crippen LogP contribution in [-0.2, 0) is 16.0 Å². The van der Waals surface area contributed by atoms with Gasteiger partial charge in [-0.2, -0.15) is 0 Å². The van der Waals surface area contributed by atoms with Crippen LogP contribution in [0.5, 0.6) is 0 Å². The quantitative estimate of drug-likeness (QED) is 0.303. The molecule has 3 aromatic rings. The van der Waals surface area contributed by atoms with E-state index in [1.165, 1.54) is 0 Å². The number of nitrogens with one attached hydrogen (secondary N) is 2. The average Bonchev–Trinajstić information content (AvgIpc) is 2.86. The first-order valence-corrected chi connectivity index (χ1v) is 12.1. The summed E-state index contributed by atoms with van der Waals surface area (Å²) in [5.74, 6) is -4.58. The van der Waals surface area contributed by atoms with E-state index < -0.39 is 59.9 Å². The molecule has 0 aliphatic rings. The molecular weight excluding hydrogens is 494 g/mol. The molecule has 3 atom stereocenters. The van der Waals surface area contributed by atoms with Gasteiger partial charge in [-0.05, 0) is 53.3 Å². The monoisotopic (exact) mass is 524 g/mol. The van der Waals surface area contributed by atoms with Crippen LogP contribution in [0.25, 0.3) is 11.1 Å². The summed E-state index contributed by atoms with van der Waals surface area (Å²) in [4.78, 5) is 37.1. The number of carbonyl (C=O) groups excluding carboxylic acids is 2. The zero-order valence-electron chi connectivity index (χ0n) is 21.0. The predicted molar refractivity (Wildman–Crippen MR) is 138 cm³/mol. The molecule has 0 saturated carbocycles. The number of benzene rings is 3. The second kappa shape index (κ2) is 12.9. The number of hydrogen-bond donors (Lipinski definition) is 4. The Morgan fingerprint density at radius 2 is 1.47 bits per heavy atom. The van der Waals surface area contributed by atoms with Crippen molar-refractivity contribution in [3.05, 3.63) is 95.6 Å². The summed E-state index contributed by atoms with van der Waals surface area (Å²) in [5.41, 5.74) is 2.12. The molecule has 3 rings (SSSR count). The Balaban J connectivity index is 1.82. The molecule has 4 N–H and O–H groups in total. The summed E-state index contributed by atoms with van der Waals surface area (Å²) in [6.45, 7) is 3.25. The number of rotatable bonds is 11. The van der Waals surface area contributed by atoms with Crippen molar-refractivity contribution in [3.63, 3.8) is 0 Å².